The first kappa shape index (κ1) is 23.1. The van der Waals surface area contributed by atoms with Gasteiger partial charge >= 0.3 is 0 Å². The van der Waals surface area contributed by atoms with Crippen molar-refractivity contribution in [2.75, 3.05) is 7.11 Å². The van der Waals surface area contributed by atoms with Crippen molar-refractivity contribution in [3.63, 3.8) is 0 Å². The third-order valence-electron chi connectivity index (χ3n) is 4.74. The molecule has 0 aliphatic rings. The number of amides is 1. The van der Waals surface area contributed by atoms with E-state index < -0.39 is 10.0 Å². The molecule has 0 radical (unpaired) electrons. The van der Waals surface area contributed by atoms with Crippen molar-refractivity contribution < 1.29 is 22.7 Å². The summed E-state index contributed by atoms with van der Waals surface area (Å²) in [4.78, 5) is 27.9. The minimum absolute atomic E-state index is 0.0611. The third kappa shape index (κ3) is 5.77. The standard InChI is InChI=1S/C23H23N3O5S/c1-16(27)18-9-11-21(12-10-18)32(29,30)26-14-17-5-7-19(8-6-17)22(28)25-15-20-4-3-13-24-23(20)31-2/h3-13,26H,14-15H2,1-2H3,(H,25,28). The Morgan fingerprint density at radius 3 is 2.22 bits per heavy atom. The fourth-order valence-electron chi connectivity index (χ4n) is 2.92. The third-order valence-corrected chi connectivity index (χ3v) is 6.15. The van der Waals surface area contributed by atoms with E-state index in [1.54, 1.807) is 36.5 Å². The summed E-state index contributed by atoms with van der Waals surface area (Å²) < 4.78 is 32.6. The minimum atomic E-state index is -3.73. The van der Waals surface area contributed by atoms with Crippen molar-refractivity contribution >= 4 is 21.7 Å². The van der Waals surface area contributed by atoms with Gasteiger partial charge in [-0.25, -0.2) is 18.1 Å². The number of carbonyl (C=O) groups excluding carboxylic acids is 2. The summed E-state index contributed by atoms with van der Waals surface area (Å²) in [5.74, 6) is 0.0468. The summed E-state index contributed by atoms with van der Waals surface area (Å²) in [5, 5.41) is 2.81. The van der Waals surface area contributed by atoms with Crippen molar-refractivity contribution in [3.05, 3.63) is 89.1 Å². The van der Waals surface area contributed by atoms with Gasteiger partial charge in [0.05, 0.1) is 12.0 Å². The van der Waals surface area contributed by atoms with Gasteiger partial charge < -0.3 is 10.1 Å². The van der Waals surface area contributed by atoms with Gasteiger partial charge in [0.15, 0.2) is 5.78 Å². The molecular weight excluding hydrogens is 430 g/mol. The molecule has 0 spiro atoms. The molecule has 0 aliphatic heterocycles. The molecule has 0 saturated heterocycles. The summed E-state index contributed by atoms with van der Waals surface area (Å²) in [6, 6.07) is 15.9. The number of Topliss-reactive ketones (excluding diaryl/α,β-unsaturated/α-hetero) is 1. The highest BCUT2D eigenvalue weighted by Gasteiger charge is 2.14. The van der Waals surface area contributed by atoms with Crippen LogP contribution < -0.4 is 14.8 Å². The van der Waals surface area contributed by atoms with Crippen LogP contribution in [-0.4, -0.2) is 32.2 Å². The Hall–Kier alpha value is -3.56. The lowest BCUT2D eigenvalue weighted by Gasteiger charge is -2.10. The highest BCUT2D eigenvalue weighted by atomic mass is 32.2. The number of nitrogens with one attached hydrogen (secondary N) is 2. The van der Waals surface area contributed by atoms with E-state index >= 15 is 0 Å². The average molecular weight is 454 g/mol. The number of ketones is 1. The van der Waals surface area contributed by atoms with Gasteiger partial charge in [0.1, 0.15) is 0 Å². The van der Waals surface area contributed by atoms with Gasteiger partial charge in [-0.3, -0.25) is 9.59 Å². The largest absolute Gasteiger partial charge is 0.481 e. The number of ether oxygens (including phenoxy) is 1. The van der Waals surface area contributed by atoms with Crippen molar-refractivity contribution in [2.24, 2.45) is 0 Å². The summed E-state index contributed by atoms with van der Waals surface area (Å²) >= 11 is 0. The fraction of sp³-hybridized carbons (Fsp3) is 0.174. The molecule has 166 valence electrons. The van der Waals surface area contributed by atoms with Crippen LogP contribution in [0, 0.1) is 0 Å². The molecule has 3 aromatic rings. The number of pyridine rings is 1. The highest BCUT2D eigenvalue weighted by molar-refractivity contribution is 7.89. The van der Waals surface area contributed by atoms with Gasteiger partial charge in [0, 0.05) is 36.0 Å². The normalized spacial score (nSPS) is 11.1. The molecule has 0 fully saturated rings. The summed E-state index contributed by atoms with van der Waals surface area (Å²) in [7, 11) is -2.22. The van der Waals surface area contributed by atoms with E-state index in [0.717, 1.165) is 5.56 Å². The summed E-state index contributed by atoms with van der Waals surface area (Å²) in [6.45, 7) is 1.74. The minimum Gasteiger partial charge on any atom is -0.481 e. The monoisotopic (exact) mass is 453 g/mol. The van der Waals surface area contributed by atoms with Crippen molar-refractivity contribution in [1.29, 1.82) is 0 Å². The van der Waals surface area contributed by atoms with Crippen LogP contribution in [-0.2, 0) is 23.1 Å². The predicted molar refractivity (Wildman–Crippen MR) is 119 cm³/mol. The second kappa shape index (κ2) is 10.2. The zero-order chi connectivity index (χ0) is 23.1. The molecule has 1 aromatic heterocycles. The molecule has 2 N–H and O–H groups in total. The van der Waals surface area contributed by atoms with Crippen LogP contribution in [0.4, 0.5) is 0 Å². The molecule has 3 rings (SSSR count). The SMILES string of the molecule is COc1ncccc1CNC(=O)c1ccc(CNS(=O)(=O)c2ccc(C(C)=O)cc2)cc1. The highest BCUT2D eigenvalue weighted by Crippen LogP contribution is 2.14. The molecule has 1 heterocycles. The smallest absolute Gasteiger partial charge is 0.251 e. The van der Waals surface area contributed by atoms with Gasteiger partial charge in [0.25, 0.3) is 5.91 Å². The van der Waals surface area contributed by atoms with Gasteiger partial charge in [-0.2, -0.15) is 0 Å². The molecule has 0 saturated carbocycles. The summed E-state index contributed by atoms with van der Waals surface area (Å²) in [5.41, 5.74) is 2.34. The maximum atomic E-state index is 12.5. The van der Waals surface area contributed by atoms with Crippen LogP contribution in [0.25, 0.3) is 0 Å². The summed E-state index contributed by atoms with van der Waals surface area (Å²) in [6.07, 6.45) is 1.61. The van der Waals surface area contributed by atoms with E-state index in [0.29, 0.717) is 22.6 Å². The number of rotatable bonds is 9. The van der Waals surface area contributed by atoms with Gasteiger partial charge in [0.2, 0.25) is 15.9 Å². The van der Waals surface area contributed by atoms with Crippen LogP contribution in [0.1, 0.15) is 38.8 Å². The molecule has 0 bridgehead atoms. The van der Waals surface area contributed by atoms with Crippen molar-refractivity contribution in [3.8, 4) is 5.88 Å². The Morgan fingerprint density at radius 2 is 1.59 bits per heavy atom. The lowest BCUT2D eigenvalue weighted by molar-refractivity contribution is 0.0949. The lowest BCUT2D eigenvalue weighted by Crippen LogP contribution is -2.24. The Morgan fingerprint density at radius 1 is 0.938 bits per heavy atom. The quantitative estimate of drug-likeness (QED) is 0.482. The number of methoxy groups -OCH3 is 1. The molecule has 2 aromatic carbocycles. The average Bonchev–Trinajstić information content (AvgIpc) is 2.81. The Labute approximate surface area is 186 Å². The number of nitrogens with zero attached hydrogens (tertiary/aromatic N) is 1. The second-order valence-electron chi connectivity index (χ2n) is 6.96. The van der Waals surface area contributed by atoms with Crippen LogP contribution in [0.3, 0.4) is 0 Å². The predicted octanol–water partition coefficient (Wildman–Crippen LogP) is 2.70. The second-order valence-corrected chi connectivity index (χ2v) is 8.72. The number of sulfonamides is 1. The Balaban J connectivity index is 1.58. The van der Waals surface area contributed by atoms with Crippen LogP contribution in [0.2, 0.25) is 0 Å². The maximum Gasteiger partial charge on any atom is 0.251 e. The maximum absolute atomic E-state index is 12.5. The van der Waals surface area contributed by atoms with E-state index in [1.807, 2.05) is 6.07 Å². The molecule has 8 nitrogen and oxygen atoms in total. The number of benzene rings is 2. The zero-order valence-corrected chi connectivity index (χ0v) is 18.5. The molecule has 1 amide bonds. The Bertz CT molecular complexity index is 1210. The fourth-order valence-corrected chi connectivity index (χ4v) is 3.94. The number of hydrogen-bond acceptors (Lipinski definition) is 6. The first-order valence-corrected chi connectivity index (χ1v) is 11.2. The van der Waals surface area contributed by atoms with Gasteiger partial charge in [-0.1, -0.05) is 30.3 Å². The number of aromatic nitrogens is 1. The Kier molecular flexibility index (Phi) is 7.34. The van der Waals surface area contributed by atoms with Crippen LogP contribution in [0.5, 0.6) is 5.88 Å². The first-order chi connectivity index (χ1) is 15.3. The van der Waals surface area contributed by atoms with E-state index in [2.05, 4.69) is 15.0 Å². The molecule has 0 unspecified atom stereocenters. The van der Waals surface area contributed by atoms with Crippen LogP contribution in [0.15, 0.2) is 71.8 Å². The van der Waals surface area contributed by atoms with E-state index in [9.17, 15) is 18.0 Å². The van der Waals surface area contributed by atoms with Gasteiger partial charge in [-0.15, -0.1) is 0 Å². The topological polar surface area (TPSA) is 114 Å². The molecule has 0 atom stereocenters. The zero-order valence-electron chi connectivity index (χ0n) is 17.7. The number of hydrogen-bond donors (Lipinski definition) is 2. The van der Waals surface area contributed by atoms with E-state index in [1.165, 1.54) is 38.3 Å². The molecular formula is C23H23N3O5S. The molecule has 9 heteroatoms. The molecule has 32 heavy (non-hydrogen) atoms. The van der Waals surface area contributed by atoms with E-state index in [-0.39, 0.29) is 29.7 Å². The van der Waals surface area contributed by atoms with Crippen molar-refractivity contribution in [1.82, 2.24) is 15.0 Å². The van der Waals surface area contributed by atoms with E-state index in [4.69, 9.17) is 4.74 Å². The number of carbonyl (C=O) groups is 2. The van der Waals surface area contributed by atoms with Crippen molar-refractivity contribution in [2.45, 2.75) is 24.9 Å². The molecule has 0 aliphatic carbocycles. The van der Waals surface area contributed by atoms with Gasteiger partial charge in [-0.05, 0) is 42.8 Å². The van der Waals surface area contributed by atoms with Crippen LogP contribution >= 0.6 is 0 Å². The lowest BCUT2D eigenvalue weighted by atomic mass is 10.1. The first-order valence-electron chi connectivity index (χ1n) is 9.76.